The Morgan fingerprint density at radius 2 is 1.52 bits per heavy atom. The van der Waals surface area contributed by atoms with Gasteiger partial charge in [0.25, 0.3) is 11.8 Å². The molecule has 0 bridgehead atoms. The van der Waals surface area contributed by atoms with Crippen LogP contribution in [-0.2, 0) is 9.59 Å². The van der Waals surface area contributed by atoms with Gasteiger partial charge in [-0.05, 0) is 36.2 Å². The van der Waals surface area contributed by atoms with Crippen molar-refractivity contribution in [3.05, 3.63) is 53.7 Å². The van der Waals surface area contributed by atoms with Crippen molar-refractivity contribution in [2.24, 2.45) is 0 Å². The van der Waals surface area contributed by atoms with E-state index in [0.29, 0.717) is 47.0 Å². The van der Waals surface area contributed by atoms with Crippen LogP contribution in [0.4, 0.5) is 5.69 Å². The van der Waals surface area contributed by atoms with E-state index in [2.05, 4.69) is 5.32 Å². The summed E-state index contributed by atoms with van der Waals surface area (Å²) < 4.78 is 15.9. The van der Waals surface area contributed by atoms with Crippen LogP contribution in [0.25, 0.3) is 5.57 Å². The normalized spacial score (nSPS) is 13.7. The molecular weight excluding hydrogens is 372 g/mol. The van der Waals surface area contributed by atoms with Crippen molar-refractivity contribution in [1.82, 2.24) is 4.90 Å². The van der Waals surface area contributed by atoms with Crippen LogP contribution in [0.2, 0.25) is 0 Å². The van der Waals surface area contributed by atoms with Gasteiger partial charge in [0.1, 0.15) is 22.9 Å². The van der Waals surface area contributed by atoms with Gasteiger partial charge in [-0.1, -0.05) is 19.1 Å². The molecule has 1 N–H and O–H groups in total. The van der Waals surface area contributed by atoms with Gasteiger partial charge in [-0.2, -0.15) is 0 Å². The number of carbonyl (C=O) groups is 2. The van der Waals surface area contributed by atoms with Gasteiger partial charge in [0.2, 0.25) is 0 Å². The lowest BCUT2D eigenvalue weighted by atomic mass is 10.0. The Bertz CT molecular complexity index is 950. The van der Waals surface area contributed by atoms with Gasteiger partial charge < -0.3 is 19.5 Å². The Morgan fingerprint density at radius 1 is 0.862 bits per heavy atom. The molecule has 0 saturated heterocycles. The average molecular weight is 396 g/mol. The first-order valence-corrected chi connectivity index (χ1v) is 9.28. The van der Waals surface area contributed by atoms with Crippen molar-refractivity contribution in [3.63, 3.8) is 0 Å². The fourth-order valence-electron chi connectivity index (χ4n) is 3.19. The second-order valence-corrected chi connectivity index (χ2v) is 6.43. The molecule has 29 heavy (non-hydrogen) atoms. The fourth-order valence-corrected chi connectivity index (χ4v) is 3.19. The predicted octanol–water partition coefficient (Wildman–Crippen LogP) is 3.31. The summed E-state index contributed by atoms with van der Waals surface area (Å²) in [5.41, 5.74) is 1.69. The number of methoxy groups -OCH3 is 3. The molecule has 0 aliphatic carbocycles. The van der Waals surface area contributed by atoms with Gasteiger partial charge in [-0.3, -0.25) is 14.5 Å². The number of imide groups is 1. The molecule has 0 atom stereocenters. The minimum absolute atomic E-state index is 0.208. The summed E-state index contributed by atoms with van der Waals surface area (Å²) in [4.78, 5) is 27.4. The number of amides is 2. The molecule has 2 aromatic rings. The van der Waals surface area contributed by atoms with Crippen molar-refractivity contribution < 1.29 is 23.8 Å². The van der Waals surface area contributed by atoms with E-state index in [1.54, 1.807) is 56.7 Å². The smallest absolute Gasteiger partial charge is 0.278 e. The van der Waals surface area contributed by atoms with E-state index < -0.39 is 0 Å². The van der Waals surface area contributed by atoms with E-state index in [-0.39, 0.29) is 17.5 Å². The number of hydrogen-bond acceptors (Lipinski definition) is 6. The number of nitrogens with zero attached hydrogens (tertiary/aromatic N) is 1. The Labute approximate surface area is 169 Å². The zero-order valence-corrected chi connectivity index (χ0v) is 16.9. The Hall–Kier alpha value is -3.48. The minimum atomic E-state index is -0.368. The molecule has 0 fully saturated rings. The van der Waals surface area contributed by atoms with Crippen LogP contribution < -0.4 is 19.5 Å². The van der Waals surface area contributed by atoms with E-state index in [0.717, 1.165) is 0 Å². The first-order valence-electron chi connectivity index (χ1n) is 9.28. The fraction of sp³-hybridized carbons (Fsp3) is 0.273. The number of hydrogen-bond donors (Lipinski definition) is 1. The number of anilines is 1. The van der Waals surface area contributed by atoms with Crippen molar-refractivity contribution in [2.75, 3.05) is 33.2 Å². The molecule has 0 saturated carbocycles. The molecule has 152 valence electrons. The number of carbonyl (C=O) groups excluding carboxylic acids is 2. The first-order chi connectivity index (χ1) is 14.0. The highest BCUT2D eigenvalue weighted by Crippen LogP contribution is 2.35. The molecule has 7 nitrogen and oxygen atoms in total. The minimum Gasteiger partial charge on any atom is -0.497 e. The highest BCUT2D eigenvalue weighted by atomic mass is 16.5. The maximum absolute atomic E-state index is 13.1. The maximum atomic E-state index is 13.1. The zero-order valence-electron chi connectivity index (χ0n) is 16.9. The summed E-state index contributed by atoms with van der Waals surface area (Å²) in [6.07, 6.45) is 0.670. The topological polar surface area (TPSA) is 77.1 Å². The lowest BCUT2D eigenvalue weighted by Crippen LogP contribution is -2.33. The average Bonchev–Trinajstić information content (AvgIpc) is 2.98. The summed E-state index contributed by atoms with van der Waals surface area (Å²) >= 11 is 0. The standard InChI is InChI=1S/C22H24N2O5/c1-5-12-24-21(25)19(14-6-8-15(27-2)9-7-14)20(22(24)26)23-17-13-16(28-3)10-11-18(17)29-4/h6-11,13,23H,5,12H2,1-4H3. The molecule has 0 spiro atoms. The van der Waals surface area contributed by atoms with E-state index in [1.807, 2.05) is 6.92 Å². The molecule has 1 aliphatic rings. The van der Waals surface area contributed by atoms with Gasteiger partial charge in [0, 0.05) is 12.6 Å². The van der Waals surface area contributed by atoms with Gasteiger partial charge in [-0.15, -0.1) is 0 Å². The van der Waals surface area contributed by atoms with Crippen molar-refractivity contribution >= 4 is 23.1 Å². The van der Waals surface area contributed by atoms with Gasteiger partial charge in [0.05, 0.1) is 32.6 Å². The highest BCUT2D eigenvalue weighted by Gasteiger charge is 2.39. The zero-order chi connectivity index (χ0) is 21.0. The second-order valence-electron chi connectivity index (χ2n) is 6.43. The molecule has 0 aromatic heterocycles. The molecule has 2 amide bonds. The molecular formula is C22H24N2O5. The predicted molar refractivity (Wildman–Crippen MR) is 110 cm³/mol. The molecule has 2 aromatic carbocycles. The summed E-state index contributed by atoms with van der Waals surface area (Å²) in [5.74, 6) is 1.10. The Kier molecular flexibility index (Phi) is 6.07. The van der Waals surface area contributed by atoms with Crippen LogP contribution in [0.15, 0.2) is 48.2 Å². The molecule has 0 unspecified atom stereocenters. The number of benzene rings is 2. The molecule has 0 radical (unpaired) electrons. The van der Waals surface area contributed by atoms with E-state index >= 15 is 0 Å². The Morgan fingerprint density at radius 3 is 2.10 bits per heavy atom. The van der Waals surface area contributed by atoms with Crippen molar-refractivity contribution in [1.29, 1.82) is 0 Å². The summed E-state index contributed by atoms with van der Waals surface area (Å²) in [6, 6.07) is 12.3. The number of rotatable bonds is 8. The van der Waals surface area contributed by atoms with E-state index in [9.17, 15) is 9.59 Å². The van der Waals surface area contributed by atoms with Crippen LogP contribution in [0, 0.1) is 0 Å². The SMILES string of the molecule is CCCN1C(=O)C(Nc2cc(OC)ccc2OC)=C(c2ccc(OC)cc2)C1=O. The van der Waals surface area contributed by atoms with Gasteiger partial charge in [-0.25, -0.2) is 0 Å². The number of nitrogens with one attached hydrogen (secondary N) is 1. The largest absolute Gasteiger partial charge is 0.497 e. The van der Waals surface area contributed by atoms with Crippen molar-refractivity contribution in [2.45, 2.75) is 13.3 Å². The van der Waals surface area contributed by atoms with E-state index in [1.165, 1.54) is 12.0 Å². The number of ether oxygens (including phenoxy) is 3. The van der Waals surface area contributed by atoms with E-state index in [4.69, 9.17) is 14.2 Å². The summed E-state index contributed by atoms with van der Waals surface area (Å²) in [7, 11) is 4.67. The van der Waals surface area contributed by atoms with Gasteiger partial charge in [0.15, 0.2) is 0 Å². The Balaban J connectivity index is 2.10. The third kappa shape index (κ3) is 3.89. The van der Waals surface area contributed by atoms with Crippen LogP contribution in [0.5, 0.6) is 17.2 Å². The third-order valence-electron chi connectivity index (χ3n) is 4.66. The molecule has 1 aliphatic heterocycles. The van der Waals surface area contributed by atoms with Crippen molar-refractivity contribution in [3.8, 4) is 17.2 Å². The van der Waals surface area contributed by atoms with Crippen LogP contribution in [-0.4, -0.2) is 44.6 Å². The second kappa shape index (κ2) is 8.68. The lowest BCUT2D eigenvalue weighted by molar-refractivity contribution is -0.136. The van der Waals surface area contributed by atoms with Crippen LogP contribution >= 0.6 is 0 Å². The summed E-state index contributed by atoms with van der Waals surface area (Å²) in [5, 5.41) is 3.11. The van der Waals surface area contributed by atoms with Gasteiger partial charge >= 0.3 is 0 Å². The van der Waals surface area contributed by atoms with Crippen LogP contribution in [0.1, 0.15) is 18.9 Å². The molecule has 1 heterocycles. The third-order valence-corrected chi connectivity index (χ3v) is 4.66. The van der Waals surface area contributed by atoms with Crippen LogP contribution in [0.3, 0.4) is 0 Å². The molecule has 3 rings (SSSR count). The lowest BCUT2D eigenvalue weighted by Gasteiger charge is -2.15. The first kappa shape index (κ1) is 20.3. The molecule has 7 heteroatoms. The maximum Gasteiger partial charge on any atom is 0.278 e. The quantitative estimate of drug-likeness (QED) is 0.690. The highest BCUT2D eigenvalue weighted by molar-refractivity contribution is 6.36. The summed E-state index contributed by atoms with van der Waals surface area (Å²) in [6.45, 7) is 2.27. The monoisotopic (exact) mass is 396 g/mol.